The van der Waals surface area contributed by atoms with Crippen LogP contribution in [0, 0.1) is 12.8 Å². The van der Waals surface area contributed by atoms with Gasteiger partial charge in [-0.05, 0) is 68.4 Å². The highest BCUT2D eigenvalue weighted by molar-refractivity contribution is 7.10. The van der Waals surface area contributed by atoms with Crippen LogP contribution in [-0.2, 0) is 6.54 Å². The first kappa shape index (κ1) is 13.6. The minimum absolute atomic E-state index is 0.477. The summed E-state index contributed by atoms with van der Waals surface area (Å²) in [6, 6.07) is 3.60. The zero-order valence-electron chi connectivity index (χ0n) is 12.0. The lowest BCUT2D eigenvalue weighted by molar-refractivity contribution is 0.181. The monoisotopic (exact) mass is 278 g/mol. The summed E-state index contributed by atoms with van der Waals surface area (Å²) < 4.78 is 0. The summed E-state index contributed by atoms with van der Waals surface area (Å²) in [5.41, 5.74) is 7.49. The van der Waals surface area contributed by atoms with Crippen LogP contribution in [0.25, 0.3) is 0 Å². The summed E-state index contributed by atoms with van der Waals surface area (Å²) in [4.78, 5) is 4.32. The highest BCUT2D eigenvalue weighted by Gasteiger charge is 2.31. The standard InChI is InChI=1S/C16H26N2S/c1-12-8-9-19-16(12)11-18(15-6-7-15)10-13-2-4-14(17)5-3-13/h8-9,13-15H,2-7,10-11,17H2,1H3. The Morgan fingerprint density at radius 1 is 1.21 bits per heavy atom. The van der Waals surface area contributed by atoms with Crippen molar-refractivity contribution in [2.75, 3.05) is 6.54 Å². The van der Waals surface area contributed by atoms with Gasteiger partial charge in [0.25, 0.3) is 0 Å². The number of nitrogens with zero attached hydrogens (tertiary/aromatic N) is 1. The molecule has 1 heterocycles. The molecule has 2 aliphatic carbocycles. The molecule has 2 aliphatic rings. The topological polar surface area (TPSA) is 29.3 Å². The molecule has 0 bridgehead atoms. The van der Waals surface area contributed by atoms with Crippen molar-refractivity contribution in [2.24, 2.45) is 11.7 Å². The van der Waals surface area contributed by atoms with E-state index in [4.69, 9.17) is 5.73 Å². The third kappa shape index (κ3) is 3.59. The van der Waals surface area contributed by atoms with Gasteiger partial charge in [-0.15, -0.1) is 11.3 Å². The van der Waals surface area contributed by atoms with Gasteiger partial charge in [0.05, 0.1) is 0 Å². The average molecular weight is 278 g/mol. The first-order valence-corrected chi connectivity index (χ1v) is 8.63. The van der Waals surface area contributed by atoms with Crippen molar-refractivity contribution >= 4 is 11.3 Å². The van der Waals surface area contributed by atoms with Crippen molar-refractivity contribution in [1.29, 1.82) is 0 Å². The summed E-state index contributed by atoms with van der Waals surface area (Å²) in [5, 5.41) is 2.23. The second-order valence-electron chi connectivity index (χ2n) is 6.47. The van der Waals surface area contributed by atoms with Crippen molar-refractivity contribution in [3.63, 3.8) is 0 Å². The molecule has 0 aromatic carbocycles. The third-order valence-corrected chi connectivity index (χ3v) is 5.77. The Balaban J connectivity index is 1.57. The molecule has 106 valence electrons. The number of hydrogen-bond donors (Lipinski definition) is 1. The Hall–Kier alpha value is -0.380. The number of rotatable bonds is 5. The zero-order valence-corrected chi connectivity index (χ0v) is 12.8. The average Bonchev–Trinajstić information content (AvgIpc) is 3.17. The molecule has 2 fully saturated rings. The Morgan fingerprint density at radius 3 is 2.53 bits per heavy atom. The van der Waals surface area contributed by atoms with Gasteiger partial charge in [0.1, 0.15) is 0 Å². The maximum absolute atomic E-state index is 6.02. The lowest BCUT2D eigenvalue weighted by Gasteiger charge is -2.31. The third-order valence-electron chi connectivity index (χ3n) is 4.76. The van der Waals surface area contributed by atoms with Gasteiger partial charge in [-0.25, -0.2) is 0 Å². The van der Waals surface area contributed by atoms with Crippen molar-refractivity contribution in [1.82, 2.24) is 4.90 Å². The van der Waals surface area contributed by atoms with Crippen LogP contribution in [0.1, 0.15) is 49.0 Å². The molecule has 2 N–H and O–H groups in total. The predicted octanol–water partition coefficient (Wildman–Crippen LogP) is 3.54. The van der Waals surface area contributed by atoms with Gasteiger partial charge in [0, 0.05) is 30.1 Å². The van der Waals surface area contributed by atoms with E-state index in [1.165, 1.54) is 57.2 Å². The molecule has 19 heavy (non-hydrogen) atoms. The van der Waals surface area contributed by atoms with Crippen LogP contribution in [0.4, 0.5) is 0 Å². The Morgan fingerprint density at radius 2 is 1.95 bits per heavy atom. The van der Waals surface area contributed by atoms with Crippen molar-refractivity contribution in [3.05, 3.63) is 21.9 Å². The summed E-state index contributed by atoms with van der Waals surface area (Å²) in [6.07, 6.45) is 7.98. The van der Waals surface area contributed by atoms with Gasteiger partial charge >= 0.3 is 0 Å². The SMILES string of the molecule is Cc1ccsc1CN(CC1CCC(N)CC1)C1CC1. The number of nitrogens with two attached hydrogens (primary N) is 1. The molecule has 3 heteroatoms. The van der Waals surface area contributed by atoms with E-state index in [0.29, 0.717) is 6.04 Å². The van der Waals surface area contributed by atoms with E-state index in [9.17, 15) is 0 Å². The van der Waals surface area contributed by atoms with Crippen LogP contribution in [0.2, 0.25) is 0 Å². The van der Waals surface area contributed by atoms with Crippen LogP contribution in [0.15, 0.2) is 11.4 Å². The normalized spacial score (nSPS) is 27.9. The molecule has 0 unspecified atom stereocenters. The quantitative estimate of drug-likeness (QED) is 0.892. The largest absolute Gasteiger partial charge is 0.328 e. The van der Waals surface area contributed by atoms with Gasteiger partial charge in [0.15, 0.2) is 0 Å². The highest BCUT2D eigenvalue weighted by Crippen LogP contribution is 2.33. The first-order valence-electron chi connectivity index (χ1n) is 7.75. The summed E-state index contributed by atoms with van der Waals surface area (Å²) in [5.74, 6) is 0.890. The molecule has 0 saturated heterocycles. The summed E-state index contributed by atoms with van der Waals surface area (Å²) >= 11 is 1.92. The Kier molecular flexibility index (Phi) is 4.25. The fraction of sp³-hybridized carbons (Fsp3) is 0.750. The van der Waals surface area contributed by atoms with Crippen molar-refractivity contribution < 1.29 is 0 Å². The Labute approximate surface area is 121 Å². The van der Waals surface area contributed by atoms with E-state index in [0.717, 1.165) is 12.0 Å². The number of hydrogen-bond acceptors (Lipinski definition) is 3. The number of thiophene rings is 1. The lowest BCUT2D eigenvalue weighted by atomic mass is 9.86. The van der Waals surface area contributed by atoms with Crippen LogP contribution < -0.4 is 5.73 Å². The molecule has 2 saturated carbocycles. The van der Waals surface area contributed by atoms with Crippen LogP contribution in [-0.4, -0.2) is 23.5 Å². The van der Waals surface area contributed by atoms with Gasteiger partial charge < -0.3 is 5.73 Å². The molecular formula is C16H26N2S. The van der Waals surface area contributed by atoms with E-state index in [2.05, 4.69) is 23.3 Å². The molecule has 3 rings (SSSR count). The molecule has 0 spiro atoms. The van der Waals surface area contributed by atoms with E-state index >= 15 is 0 Å². The first-order chi connectivity index (χ1) is 9.22. The van der Waals surface area contributed by atoms with E-state index in [-0.39, 0.29) is 0 Å². The minimum atomic E-state index is 0.477. The van der Waals surface area contributed by atoms with E-state index in [1.807, 2.05) is 11.3 Å². The second kappa shape index (κ2) is 5.94. The zero-order chi connectivity index (χ0) is 13.2. The second-order valence-corrected chi connectivity index (χ2v) is 7.47. The molecule has 2 nitrogen and oxygen atoms in total. The fourth-order valence-electron chi connectivity index (χ4n) is 3.24. The Bertz CT molecular complexity index is 403. The van der Waals surface area contributed by atoms with Crippen molar-refractivity contribution in [3.8, 4) is 0 Å². The van der Waals surface area contributed by atoms with E-state index < -0.39 is 0 Å². The maximum Gasteiger partial charge on any atom is 0.0333 e. The van der Waals surface area contributed by atoms with E-state index in [1.54, 1.807) is 4.88 Å². The van der Waals surface area contributed by atoms with Gasteiger partial charge in [-0.3, -0.25) is 4.90 Å². The summed E-state index contributed by atoms with van der Waals surface area (Å²) in [6.45, 7) is 4.72. The van der Waals surface area contributed by atoms with Crippen LogP contribution in [0.5, 0.6) is 0 Å². The molecule has 0 amide bonds. The lowest BCUT2D eigenvalue weighted by Crippen LogP contribution is -2.35. The molecule has 1 aromatic heterocycles. The van der Waals surface area contributed by atoms with Gasteiger partial charge in [-0.2, -0.15) is 0 Å². The highest BCUT2D eigenvalue weighted by atomic mass is 32.1. The van der Waals surface area contributed by atoms with Gasteiger partial charge in [0.2, 0.25) is 0 Å². The summed E-state index contributed by atoms with van der Waals surface area (Å²) in [7, 11) is 0. The predicted molar refractivity (Wildman–Crippen MR) is 82.4 cm³/mol. The molecular weight excluding hydrogens is 252 g/mol. The van der Waals surface area contributed by atoms with Crippen molar-refractivity contribution in [2.45, 2.75) is 64.1 Å². The van der Waals surface area contributed by atoms with Crippen LogP contribution >= 0.6 is 11.3 Å². The molecule has 0 atom stereocenters. The molecule has 0 aliphatic heterocycles. The minimum Gasteiger partial charge on any atom is -0.328 e. The molecule has 0 radical (unpaired) electrons. The van der Waals surface area contributed by atoms with Crippen LogP contribution in [0.3, 0.4) is 0 Å². The number of aryl methyl sites for hydroxylation is 1. The fourth-order valence-corrected chi connectivity index (χ4v) is 4.17. The van der Waals surface area contributed by atoms with Gasteiger partial charge in [-0.1, -0.05) is 0 Å². The smallest absolute Gasteiger partial charge is 0.0333 e. The molecule has 1 aromatic rings. The maximum atomic E-state index is 6.02.